The van der Waals surface area contributed by atoms with Gasteiger partial charge in [-0.05, 0) is 18.6 Å². The van der Waals surface area contributed by atoms with Gasteiger partial charge in [0.15, 0.2) is 21.3 Å². The van der Waals surface area contributed by atoms with Crippen LogP contribution in [0.25, 0.3) is 0 Å². The van der Waals surface area contributed by atoms with Gasteiger partial charge in [0, 0.05) is 13.1 Å². The molecule has 0 atom stereocenters. The molecule has 1 aliphatic heterocycles. The van der Waals surface area contributed by atoms with Crippen molar-refractivity contribution in [3.05, 3.63) is 17.8 Å². The second kappa shape index (κ2) is 4.89. The van der Waals surface area contributed by atoms with Crippen LogP contribution < -0.4 is 4.90 Å². The van der Waals surface area contributed by atoms with Crippen molar-refractivity contribution in [1.29, 1.82) is 0 Å². The summed E-state index contributed by atoms with van der Waals surface area (Å²) in [4.78, 5) is 12.4. The van der Waals surface area contributed by atoms with E-state index in [9.17, 15) is 13.2 Å². The Hall–Kier alpha value is -1.70. The van der Waals surface area contributed by atoms with Gasteiger partial charge in [-0.1, -0.05) is 0 Å². The van der Waals surface area contributed by atoms with Crippen LogP contribution in [0.4, 0.5) is 5.82 Å². The van der Waals surface area contributed by atoms with Gasteiger partial charge in [0.1, 0.15) is 0 Å². The number of carboxylic acids is 1. The Morgan fingerprint density at radius 2 is 2.00 bits per heavy atom. The molecule has 1 aliphatic rings. The maximum atomic E-state index is 11.5. The lowest BCUT2D eigenvalue weighted by Crippen LogP contribution is -2.28. The van der Waals surface area contributed by atoms with Crippen LogP contribution in [-0.4, -0.2) is 54.3 Å². The summed E-state index contributed by atoms with van der Waals surface area (Å²) in [5, 5.41) is 16.1. The molecular formula is C10H13N3O4S. The highest BCUT2D eigenvalue weighted by molar-refractivity contribution is 7.91. The highest BCUT2D eigenvalue weighted by Crippen LogP contribution is 2.13. The topological polar surface area (TPSA) is 100 Å². The van der Waals surface area contributed by atoms with Crippen molar-refractivity contribution in [3.63, 3.8) is 0 Å². The molecule has 0 radical (unpaired) electrons. The van der Waals surface area contributed by atoms with Crippen molar-refractivity contribution in [2.24, 2.45) is 0 Å². The molecule has 1 fully saturated rings. The van der Waals surface area contributed by atoms with E-state index >= 15 is 0 Å². The first kappa shape index (κ1) is 12.7. The van der Waals surface area contributed by atoms with Gasteiger partial charge in [-0.15, -0.1) is 10.2 Å². The van der Waals surface area contributed by atoms with Crippen molar-refractivity contribution in [1.82, 2.24) is 10.2 Å². The van der Waals surface area contributed by atoms with E-state index in [1.807, 2.05) is 4.90 Å². The van der Waals surface area contributed by atoms with Crippen molar-refractivity contribution in [2.75, 3.05) is 29.5 Å². The summed E-state index contributed by atoms with van der Waals surface area (Å²) < 4.78 is 22.9. The molecule has 1 aromatic heterocycles. The van der Waals surface area contributed by atoms with Crippen molar-refractivity contribution in [3.8, 4) is 0 Å². The van der Waals surface area contributed by atoms with Crippen molar-refractivity contribution in [2.45, 2.75) is 6.42 Å². The number of carbonyl (C=O) groups is 1. The summed E-state index contributed by atoms with van der Waals surface area (Å²) in [6, 6.07) is 2.92. The minimum Gasteiger partial charge on any atom is -0.476 e. The molecule has 1 N–H and O–H groups in total. The molecule has 18 heavy (non-hydrogen) atoms. The van der Waals surface area contributed by atoms with Crippen LogP contribution in [0.3, 0.4) is 0 Å². The summed E-state index contributed by atoms with van der Waals surface area (Å²) in [5.41, 5.74) is -0.124. The molecule has 0 aliphatic carbocycles. The van der Waals surface area contributed by atoms with E-state index in [-0.39, 0.29) is 17.2 Å². The Morgan fingerprint density at radius 1 is 1.22 bits per heavy atom. The van der Waals surface area contributed by atoms with Crippen LogP contribution in [0.15, 0.2) is 12.1 Å². The summed E-state index contributed by atoms with van der Waals surface area (Å²) in [5.74, 6) is -0.343. The average Bonchev–Trinajstić information content (AvgIpc) is 2.50. The molecule has 8 heteroatoms. The van der Waals surface area contributed by atoms with Gasteiger partial charge in [0.05, 0.1) is 11.5 Å². The molecule has 2 heterocycles. The maximum absolute atomic E-state index is 11.5. The molecule has 0 unspecified atom stereocenters. The molecule has 0 bridgehead atoms. The van der Waals surface area contributed by atoms with Crippen LogP contribution in [0.1, 0.15) is 16.9 Å². The van der Waals surface area contributed by atoms with Gasteiger partial charge in [0.2, 0.25) is 0 Å². The maximum Gasteiger partial charge on any atom is 0.356 e. The van der Waals surface area contributed by atoms with Crippen LogP contribution in [-0.2, 0) is 9.84 Å². The summed E-state index contributed by atoms with van der Waals surface area (Å²) in [6.07, 6.45) is 0.546. The molecule has 2 rings (SSSR count). The van der Waals surface area contributed by atoms with Gasteiger partial charge in [-0.3, -0.25) is 0 Å². The van der Waals surface area contributed by atoms with Gasteiger partial charge >= 0.3 is 5.97 Å². The first-order valence-electron chi connectivity index (χ1n) is 5.50. The first-order valence-corrected chi connectivity index (χ1v) is 7.32. The molecule has 98 valence electrons. The molecule has 0 saturated carbocycles. The largest absolute Gasteiger partial charge is 0.476 e. The average molecular weight is 271 g/mol. The van der Waals surface area contributed by atoms with Gasteiger partial charge in [-0.25, -0.2) is 13.2 Å². The van der Waals surface area contributed by atoms with E-state index in [0.717, 1.165) is 0 Å². The fourth-order valence-corrected chi connectivity index (χ4v) is 3.05. The second-order valence-corrected chi connectivity index (χ2v) is 6.38. The predicted octanol–water partition coefficient (Wildman–Crippen LogP) is -0.200. The molecule has 1 saturated heterocycles. The SMILES string of the molecule is O=C(O)c1ccc(N2CCCS(=O)(=O)CC2)nn1. The third kappa shape index (κ3) is 2.95. The normalized spacial score (nSPS) is 19.2. The van der Waals surface area contributed by atoms with E-state index in [4.69, 9.17) is 5.11 Å². The number of aromatic carboxylic acids is 1. The number of rotatable bonds is 2. The Balaban J connectivity index is 2.14. The first-order chi connectivity index (χ1) is 8.48. The van der Waals surface area contributed by atoms with Crippen LogP contribution in [0, 0.1) is 0 Å². The lowest BCUT2D eigenvalue weighted by Gasteiger charge is -2.19. The van der Waals surface area contributed by atoms with Gasteiger partial charge < -0.3 is 10.0 Å². The minimum atomic E-state index is -2.97. The van der Waals surface area contributed by atoms with Crippen LogP contribution in [0.2, 0.25) is 0 Å². The molecule has 0 aromatic carbocycles. The second-order valence-electron chi connectivity index (χ2n) is 4.07. The monoisotopic (exact) mass is 271 g/mol. The Morgan fingerprint density at radius 3 is 2.61 bits per heavy atom. The summed E-state index contributed by atoms with van der Waals surface area (Å²) in [6.45, 7) is 0.948. The fraction of sp³-hybridized carbons (Fsp3) is 0.500. The van der Waals surface area contributed by atoms with Crippen LogP contribution in [0.5, 0.6) is 0 Å². The number of hydrogen-bond acceptors (Lipinski definition) is 6. The fourth-order valence-electron chi connectivity index (χ4n) is 1.78. The van der Waals surface area contributed by atoms with E-state index in [2.05, 4.69) is 10.2 Å². The van der Waals surface area contributed by atoms with E-state index in [1.165, 1.54) is 6.07 Å². The van der Waals surface area contributed by atoms with Gasteiger partial charge in [0.25, 0.3) is 0 Å². The molecule has 1 aromatic rings. The Kier molecular flexibility index (Phi) is 3.46. The van der Waals surface area contributed by atoms with E-state index in [1.54, 1.807) is 6.07 Å². The lowest BCUT2D eigenvalue weighted by atomic mass is 10.3. The highest BCUT2D eigenvalue weighted by Gasteiger charge is 2.20. The molecule has 7 nitrogen and oxygen atoms in total. The van der Waals surface area contributed by atoms with Gasteiger partial charge in [-0.2, -0.15) is 0 Å². The van der Waals surface area contributed by atoms with Crippen molar-refractivity contribution < 1.29 is 18.3 Å². The standard InChI is InChI=1S/C10H13N3O4S/c14-10(15)8-2-3-9(12-11-8)13-4-1-6-18(16,17)7-5-13/h2-3H,1,4-7H2,(H,14,15). The quantitative estimate of drug-likeness (QED) is 0.794. The number of sulfone groups is 1. The number of nitrogens with zero attached hydrogens (tertiary/aromatic N) is 3. The molecule has 0 spiro atoms. The van der Waals surface area contributed by atoms with E-state index in [0.29, 0.717) is 25.3 Å². The van der Waals surface area contributed by atoms with Crippen LogP contribution >= 0.6 is 0 Å². The summed E-state index contributed by atoms with van der Waals surface area (Å²) in [7, 11) is -2.97. The zero-order chi connectivity index (χ0) is 13.2. The third-order valence-corrected chi connectivity index (χ3v) is 4.46. The summed E-state index contributed by atoms with van der Waals surface area (Å²) >= 11 is 0. The predicted molar refractivity (Wildman–Crippen MR) is 64.5 cm³/mol. The zero-order valence-electron chi connectivity index (χ0n) is 9.61. The number of hydrogen-bond donors (Lipinski definition) is 1. The Labute approximate surface area is 104 Å². The molecular weight excluding hydrogens is 258 g/mol. The Bertz CT molecular complexity index is 541. The molecule has 0 amide bonds. The number of aromatic nitrogens is 2. The van der Waals surface area contributed by atoms with Crippen molar-refractivity contribution >= 4 is 21.6 Å². The smallest absolute Gasteiger partial charge is 0.356 e. The number of carboxylic acid groups (broad SMARTS) is 1. The van der Waals surface area contributed by atoms with E-state index < -0.39 is 15.8 Å². The minimum absolute atomic E-state index is 0.0926. The lowest BCUT2D eigenvalue weighted by molar-refractivity contribution is 0.0689. The third-order valence-electron chi connectivity index (χ3n) is 2.75. The highest BCUT2D eigenvalue weighted by atomic mass is 32.2. The number of anilines is 1. The zero-order valence-corrected chi connectivity index (χ0v) is 10.4.